The minimum atomic E-state index is -0.312. The lowest BCUT2D eigenvalue weighted by molar-refractivity contribution is 0.0728. The van der Waals surface area contributed by atoms with Crippen LogP contribution in [0.25, 0.3) is 0 Å². The Morgan fingerprint density at radius 1 is 1.56 bits per heavy atom. The molecule has 4 nitrogen and oxygen atoms in total. The van der Waals surface area contributed by atoms with E-state index in [2.05, 4.69) is 5.32 Å². The maximum atomic E-state index is 12.3. The van der Waals surface area contributed by atoms with E-state index in [0.29, 0.717) is 17.9 Å². The van der Waals surface area contributed by atoms with Gasteiger partial charge in [0.2, 0.25) is 0 Å². The average molecular weight is 248 g/mol. The summed E-state index contributed by atoms with van der Waals surface area (Å²) in [5.74, 6) is -0.129. The SMILES string of the molecule is Cc1cccc(C(=O)NC2(C)CCOC2C)c1N. The van der Waals surface area contributed by atoms with E-state index in [4.69, 9.17) is 10.5 Å². The van der Waals surface area contributed by atoms with Crippen LogP contribution in [0.5, 0.6) is 0 Å². The van der Waals surface area contributed by atoms with E-state index < -0.39 is 0 Å². The molecule has 98 valence electrons. The van der Waals surface area contributed by atoms with Crippen molar-refractivity contribution in [3.8, 4) is 0 Å². The summed E-state index contributed by atoms with van der Waals surface area (Å²) in [6.45, 7) is 6.57. The summed E-state index contributed by atoms with van der Waals surface area (Å²) >= 11 is 0. The molecule has 2 atom stereocenters. The van der Waals surface area contributed by atoms with Crippen LogP contribution in [0.15, 0.2) is 18.2 Å². The van der Waals surface area contributed by atoms with E-state index >= 15 is 0 Å². The van der Waals surface area contributed by atoms with Gasteiger partial charge in [0, 0.05) is 12.3 Å². The molecule has 1 aromatic rings. The first kappa shape index (κ1) is 12.9. The van der Waals surface area contributed by atoms with Gasteiger partial charge < -0.3 is 15.8 Å². The molecule has 1 amide bonds. The molecule has 0 bridgehead atoms. The number of hydrogen-bond acceptors (Lipinski definition) is 3. The Bertz CT molecular complexity index is 473. The molecule has 1 heterocycles. The summed E-state index contributed by atoms with van der Waals surface area (Å²) in [6.07, 6.45) is 0.846. The second-order valence-electron chi connectivity index (χ2n) is 5.17. The molecule has 1 aromatic carbocycles. The van der Waals surface area contributed by atoms with Gasteiger partial charge in [0.25, 0.3) is 5.91 Å². The fourth-order valence-electron chi connectivity index (χ4n) is 2.20. The van der Waals surface area contributed by atoms with Gasteiger partial charge in [-0.05, 0) is 38.8 Å². The largest absolute Gasteiger partial charge is 0.398 e. The van der Waals surface area contributed by atoms with E-state index in [9.17, 15) is 4.79 Å². The zero-order chi connectivity index (χ0) is 13.3. The number of rotatable bonds is 2. The van der Waals surface area contributed by atoms with Crippen LogP contribution in [0.3, 0.4) is 0 Å². The van der Waals surface area contributed by atoms with Crippen molar-refractivity contribution in [2.24, 2.45) is 0 Å². The van der Waals surface area contributed by atoms with E-state index in [1.165, 1.54) is 0 Å². The molecular formula is C14H20N2O2. The number of nitrogen functional groups attached to an aromatic ring is 1. The van der Waals surface area contributed by atoms with Gasteiger partial charge in [-0.2, -0.15) is 0 Å². The van der Waals surface area contributed by atoms with Crippen molar-refractivity contribution in [2.45, 2.75) is 38.8 Å². The molecule has 18 heavy (non-hydrogen) atoms. The zero-order valence-corrected chi connectivity index (χ0v) is 11.1. The highest BCUT2D eigenvalue weighted by Gasteiger charge is 2.38. The molecular weight excluding hydrogens is 228 g/mol. The molecule has 0 radical (unpaired) electrons. The summed E-state index contributed by atoms with van der Waals surface area (Å²) in [6, 6.07) is 5.49. The van der Waals surface area contributed by atoms with Crippen molar-refractivity contribution < 1.29 is 9.53 Å². The smallest absolute Gasteiger partial charge is 0.253 e. The molecule has 3 N–H and O–H groups in total. The Morgan fingerprint density at radius 2 is 2.28 bits per heavy atom. The molecule has 0 aliphatic carbocycles. The maximum Gasteiger partial charge on any atom is 0.253 e. The third-order valence-electron chi connectivity index (χ3n) is 3.85. The van der Waals surface area contributed by atoms with E-state index in [0.717, 1.165) is 12.0 Å². The van der Waals surface area contributed by atoms with Crippen molar-refractivity contribution in [1.82, 2.24) is 5.32 Å². The average Bonchev–Trinajstić information content (AvgIpc) is 2.62. The zero-order valence-electron chi connectivity index (χ0n) is 11.1. The Morgan fingerprint density at radius 3 is 2.89 bits per heavy atom. The van der Waals surface area contributed by atoms with Gasteiger partial charge in [-0.1, -0.05) is 12.1 Å². The third kappa shape index (κ3) is 2.20. The summed E-state index contributed by atoms with van der Waals surface area (Å²) in [5, 5.41) is 3.05. The summed E-state index contributed by atoms with van der Waals surface area (Å²) in [5.41, 5.74) is 7.63. The topological polar surface area (TPSA) is 64.3 Å². The standard InChI is InChI=1S/C14H20N2O2/c1-9-5-4-6-11(12(9)15)13(17)16-14(3)7-8-18-10(14)2/h4-6,10H,7-8,15H2,1-3H3,(H,16,17). The normalized spacial score (nSPS) is 27.2. The number of hydrogen-bond donors (Lipinski definition) is 2. The van der Waals surface area contributed by atoms with E-state index in [1.54, 1.807) is 6.07 Å². The number of aryl methyl sites for hydroxylation is 1. The highest BCUT2D eigenvalue weighted by molar-refractivity contribution is 6.00. The molecule has 1 aliphatic rings. The second-order valence-corrected chi connectivity index (χ2v) is 5.17. The highest BCUT2D eigenvalue weighted by atomic mass is 16.5. The summed E-state index contributed by atoms with van der Waals surface area (Å²) in [4.78, 5) is 12.3. The van der Waals surface area contributed by atoms with Gasteiger partial charge >= 0.3 is 0 Å². The monoisotopic (exact) mass is 248 g/mol. The number of nitrogens with one attached hydrogen (secondary N) is 1. The van der Waals surface area contributed by atoms with Crippen molar-refractivity contribution >= 4 is 11.6 Å². The van der Waals surface area contributed by atoms with Crippen molar-refractivity contribution in [1.29, 1.82) is 0 Å². The molecule has 0 aromatic heterocycles. The van der Waals surface area contributed by atoms with E-state index in [1.807, 2.05) is 32.9 Å². The minimum Gasteiger partial charge on any atom is -0.398 e. The van der Waals surface area contributed by atoms with Gasteiger partial charge in [-0.15, -0.1) is 0 Å². The lowest BCUT2D eigenvalue weighted by Gasteiger charge is -2.29. The first-order chi connectivity index (χ1) is 8.44. The van der Waals surface area contributed by atoms with Crippen LogP contribution in [0.4, 0.5) is 5.69 Å². The van der Waals surface area contributed by atoms with Crippen molar-refractivity contribution in [3.05, 3.63) is 29.3 Å². The lowest BCUT2D eigenvalue weighted by atomic mass is 9.94. The fraction of sp³-hybridized carbons (Fsp3) is 0.500. The molecule has 0 spiro atoms. The van der Waals surface area contributed by atoms with Gasteiger partial charge in [0.05, 0.1) is 17.2 Å². The van der Waals surface area contributed by atoms with Crippen molar-refractivity contribution in [3.63, 3.8) is 0 Å². The predicted octanol–water partition coefficient (Wildman–Crippen LogP) is 1.87. The Labute approximate surface area is 108 Å². The first-order valence-electron chi connectivity index (χ1n) is 6.23. The number of para-hydroxylation sites is 1. The molecule has 4 heteroatoms. The van der Waals surface area contributed by atoms with Crippen LogP contribution in [0.1, 0.15) is 36.2 Å². The van der Waals surface area contributed by atoms with Crippen LogP contribution in [0.2, 0.25) is 0 Å². The number of ether oxygens (including phenoxy) is 1. The molecule has 2 unspecified atom stereocenters. The van der Waals surface area contributed by atoms with Gasteiger partial charge in [0.1, 0.15) is 0 Å². The summed E-state index contributed by atoms with van der Waals surface area (Å²) in [7, 11) is 0. The molecule has 0 saturated carbocycles. The Balaban J connectivity index is 2.20. The van der Waals surface area contributed by atoms with Crippen LogP contribution < -0.4 is 11.1 Å². The number of anilines is 1. The molecule has 2 rings (SSSR count). The fourth-order valence-corrected chi connectivity index (χ4v) is 2.20. The molecule has 1 fully saturated rings. The first-order valence-corrected chi connectivity index (χ1v) is 6.23. The number of carbonyl (C=O) groups excluding carboxylic acids is 1. The number of benzene rings is 1. The van der Waals surface area contributed by atoms with Gasteiger partial charge in [-0.25, -0.2) is 0 Å². The van der Waals surface area contributed by atoms with Crippen LogP contribution in [-0.2, 0) is 4.74 Å². The quantitative estimate of drug-likeness (QED) is 0.785. The van der Waals surface area contributed by atoms with Gasteiger partial charge in [0.15, 0.2) is 0 Å². The van der Waals surface area contributed by atoms with Crippen LogP contribution in [0, 0.1) is 6.92 Å². The van der Waals surface area contributed by atoms with Gasteiger partial charge in [-0.3, -0.25) is 4.79 Å². The third-order valence-corrected chi connectivity index (χ3v) is 3.85. The molecule has 1 aliphatic heterocycles. The van der Waals surface area contributed by atoms with Crippen molar-refractivity contribution in [2.75, 3.05) is 12.3 Å². The number of nitrogens with two attached hydrogens (primary N) is 1. The Kier molecular flexibility index (Phi) is 3.30. The van der Waals surface area contributed by atoms with E-state index in [-0.39, 0.29) is 17.6 Å². The van der Waals surface area contributed by atoms with Crippen LogP contribution in [-0.4, -0.2) is 24.2 Å². The predicted molar refractivity (Wildman–Crippen MR) is 71.5 cm³/mol. The lowest BCUT2D eigenvalue weighted by Crippen LogP contribution is -2.50. The molecule has 1 saturated heterocycles. The van der Waals surface area contributed by atoms with Crippen LogP contribution >= 0.6 is 0 Å². The minimum absolute atomic E-state index is 0.0208. The second kappa shape index (κ2) is 4.61. The number of amides is 1. The summed E-state index contributed by atoms with van der Waals surface area (Å²) < 4.78 is 5.51. The highest BCUT2D eigenvalue weighted by Crippen LogP contribution is 2.26. The number of carbonyl (C=O) groups is 1. The Hall–Kier alpha value is -1.55. The maximum absolute atomic E-state index is 12.3.